The number of ether oxygens (including phenoxy) is 2. The first-order valence-electron chi connectivity index (χ1n) is 8.15. The van der Waals surface area contributed by atoms with Crippen LogP contribution in [0.4, 0.5) is 10.5 Å². The van der Waals surface area contributed by atoms with E-state index in [0.29, 0.717) is 29.1 Å². The highest BCUT2D eigenvalue weighted by Crippen LogP contribution is 2.34. The Labute approximate surface area is 141 Å². The minimum Gasteiger partial charge on any atom is -0.490 e. The van der Waals surface area contributed by atoms with Crippen molar-refractivity contribution in [3.8, 4) is 5.75 Å². The molecule has 126 valence electrons. The first kappa shape index (κ1) is 16.4. The molecule has 2 atom stereocenters. The van der Waals surface area contributed by atoms with Gasteiger partial charge in [0, 0.05) is 18.8 Å². The van der Waals surface area contributed by atoms with Gasteiger partial charge in [-0.25, -0.2) is 4.79 Å². The molecule has 1 heterocycles. The predicted molar refractivity (Wildman–Crippen MR) is 90.3 cm³/mol. The number of nitrogens with zero attached hydrogens (tertiary/aromatic N) is 1. The van der Waals surface area contributed by atoms with Crippen LogP contribution >= 0.6 is 11.6 Å². The Hall–Kier alpha value is -1.46. The molecule has 1 aliphatic heterocycles. The van der Waals surface area contributed by atoms with E-state index in [1.807, 2.05) is 0 Å². The summed E-state index contributed by atoms with van der Waals surface area (Å²) in [5.74, 6) is 1.56. The van der Waals surface area contributed by atoms with Crippen LogP contribution in [-0.4, -0.2) is 42.8 Å². The fourth-order valence-electron chi connectivity index (χ4n) is 2.48. The summed E-state index contributed by atoms with van der Waals surface area (Å²) in [6.07, 6.45) is 2.11. The van der Waals surface area contributed by atoms with Gasteiger partial charge in [0.2, 0.25) is 0 Å². The number of halogens is 1. The summed E-state index contributed by atoms with van der Waals surface area (Å²) in [6, 6.07) is 5.73. The molecule has 1 N–H and O–H groups in total. The van der Waals surface area contributed by atoms with Crippen molar-refractivity contribution in [1.29, 1.82) is 0 Å². The lowest BCUT2D eigenvalue weighted by Gasteiger charge is -2.12. The third-order valence-electron chi connectivity index (χ3n) is 3.97. The van der Waals surface area contributed by atoms with Gasteiger partial charge in [-0.15, -0.1) is 0 Å². The first-order valence-corrected chi connectivity index (χ1v) is 8.53. The van der Waals surface area contributed by atoms with Gasteiger partial charge in [-0.2, -0.15) is 0 Å². The zero-order chi connectivity index (χ0) is 16.4. The summed E-state index contributed by atoms with van der Waals surface area (Å²) < 4.78 is 10.8. The van der Waals surface area contributed by atoms with Crippen LogP contribution in [0.15, 0.2) is 18.2 Å². The Morgan fingerprint density at radius 1 is 1.43 bits per heavy atom. The van der Waals surface area contributed by atoms with Crippen LogP contribution in [0.1, 0.15) is 26.7 Å². The third kappa shape index (κ3) is 5.01. The number of hydrogen-bond acceptors (Lipinski definition) is 4. The van der Waals surface area contributed by atoms with E-state index in [1.54, 1.807) is 32.0 Å². The number of hydrogen-bond donors (Lipinski definition) is 1. The van der Waals surface area contributed by atoms with Crippen molar-refractivity contribution in [3.63, 3.8) is 0 Å². The quantitative estimate of drug-likeness (QED) is 0.769. The topological polar surface area (TPSA) is 50.6 Å². The van der Waals surface area contributed by atoms with E-state index in [4.69, 9.17) is 21.1 Å². The summed E-state index contributed by atoms with van der Waals surface area (Å²) >= 11 is 6.22. The van der Waals surface area contributed by atoms with Crippen molar-refractivity contribution in [1.82, 2.24) is 4.90 Å². The lowest BCUT2D eigenvalue weighted by molar-refractivity contribution is 0.130. The Bertz CT molecular complexity index is 575. The molecule has 2 unspecified atom stereocenters. The maximum absolute atomic E-state index is 11.6. The monoisotopic (exact) mass is 338 g/mol. The van der Waals surface area contributed by atoms with Crippen molar-refractivity contribution < 1.29 is 14.3 Å². The molecule has 1 amide bonds. The number of rotatable bonds is 7. The standard InChI is InChI=1S/C17H23ClN2O3/c1-11(2)23-17(21)19-13-5-6-16(15(18)7-13)22-10-14-9-20(14)8-12-3-4-12/h5-7,11-12,14H,3-4,8-10H2,1-2H3,(H,19,21). The van der Waals surface area contributed by atoms with E-state index in [2.05, 4.69) is 10.2 Å². The molecule has 1 aromatic rings. The van der Waals surface area contributed by atoms with E-state index in [-0.39, 0.29) is 6.10 Å². The number of amides is 1. The number of nitrogens with one attached hydrogen (secondary N) is 1. The molecule has 1 aliphatic carbocycles. The summed E-state index contributed by atoms with van der Waals surface area (Å²) in [5, 5.41) is 3.13. The normalized spacial score (nSPS) is 22.8. The molecule has 5 nitrogen and oxygen atoms in total. The fraction of sp³-hybridized carbons (Fsp3) is 0.588. The van der Waals surface area contributed by atoms with Crippen LogP contribution in [0.3, 0.4) is 0 Å². The number of carbonyl (C=O) groups is 1. The molecule has 0 aromatic heterocycles. The Morgan fingerprint density at radius 2 is 2.22 bits per heavy atom. The number of benzene rings is 1. The van der Waals surface area contributed by atoms with Gasteiger partial charge < -0.3 is 9.47 Å². The van der Waals surface area contributed by atoms with E-state index < -0.39 is 6.09 Å². The molecular formula is C17H23ClN2O3. The molecule has 1 saturated heterocycles. The highest BCUT2D eigenvalue weighted by molar-refractivity contribution is 6.32. The van der Waals surface area contributed by atoms with Gasteiger partial charge in [0.1, 0.15) is 12.4 Å². The average Bonchev–Trinajstić information content (AvgIpc) is 3.36. The summed E-state index contributed by atoms with van der Waals surface area (Å²) in [5.41, 5.74) is 0.592. The largest absolute Gasteiger partial charge is 0.490 e. The second-order valence-electron chi connectivity index (χ2n) is 6.59. The van der Waals surface area contributed by atoms with Crippen molar-refractivity contribution in [2.45, 2.75) is 38.8 Å². The zero-order valence-electron chi connectivity index (χ0n) is 13.5. The lowest BCUT2D eigenvalue weighted by atomic mass is 10.3. The van der Waals surface area contributed by atoms with Crippen molar-refractivity contribution in [2.24, 2.45) is 5.92 Å². The summed E-state index contributed by atoms with van der Waals surface area (Å²) in [4.78, 5) is 14.0. The molecule has 23 heavy (non-hydrogen) atoms. The zero-order valence-corrected chi connectivity index (χ0v) is 14.3. The van der Waals surface area contributed by atoms with Crippen LogP contribution in [0, 0.1) is 5.92 Å². The molecule has 3 rings (SSSR count). The van der Waals surface area contributed by atoms with Crippen LogP contribution in [0.2, 0.25) is 5.02 Å². The maximum Gasteiger partial charge on any atom is 0.411 e. The van der Waals surface area contributed by atoms with Gasteiger partial charge in [0.05, 0.1) is 17.2 Å². The average molecular weight is 339 g/mol. The predicted octanol–water partition coefficient (Wildman–Crippen LogP) is 3.77. The summed E-state index contributed by atoms with van der Waals surface area (Å²) in [6.45, 7) is 6.59. The Kier molecular flexibility index (Phi) is 4.97. The van der Waals surface area contributed by atoms with E-state index in [1.165, 1.54) is 19.4 Å². The maximum atomic E-state index is 11.6. The van der Waals surface area contributed by atoms with Gasteiger partial charge in [-0.05, 0) is 50.8 Å². The molecule has 1 saturated carbocycles. The van der Waals surface area contributed by atoms with Crippen LogP contribution in [0.5, 0.6) is 5.75 Å². The van der Waals surface area contributed by atoms with Crippen LogP contribution in [-0.2, 0) is 4.74 Å². The number of carbonyl (C=O) groups excluding carboxylic acids is 1. The van der Waals surface area contributed by atoms with E-state index in [9.17, 15) is 4.79 Å². The van der Waals surface area contributed by atoms with Crippen molar-refractivity contribution in [3.05, 3.63) is 23.2 Å². The first-order chi connectivity index (χ1) is 11.0. The van der Waals surface area contributed by atoms with Gasteiger partial charge in [0.25, 0.3) is 0 Å². The fourth-order valence-corrected chi connectivity index (χ4v) is 2.72. The minimum atomic E-state index is -0.488. The minimum absolute atomic E-state index is 0.162. The van der Waals surface area contributed by atoms with Crippen LogP contribution < -0.4 is 10.1 Å². The molecule has 1 aromatic carbocycles. The molecular weight excluding hydrogens is 316 g/mol. The molecule has 2 aliphatic rings. The molecule has 2 fully saturated rings. The summed E-state index contributed by atoms with van der Waals surface area (Å²) in [7, 11) is 0. The lowest BCUT2D eigenvalue weighted by Crippen LogP contribution is -2.18. The van der Waals surface area contributed by atoms with E-state index >= 15 is 0 Å². The van der Waals surface area contributed by atoms with Gasteiger partial charge >= 0.3 is 6.09 Å². The molecule has 0 spiro atoms. The molecule has 6 heteroatoms. The van der Waals surface area contributed by atoms with Gasteiger partial charge in [-0.1, -0.05) is 11.6 Å². The Morgan fingerprint density at radius 3 is 2.87 bits per heavy atom. The highest BCUT2D eigenvalue weighted by atomic mass is 35.5. The van der Waals surface area contributed by atoms with Crippen molar-refractivity contribution >= 4 is 23.4 Å². The Balaban J connectivity index is 1.46. The van der Waals surface area contributed by atoms with Crippen molar-refractivity contribution in [2.75, 3.05) is 25.0 Å². The van der Waals surface area contributed by atoms with Gasteiger partial charge in [-0.3, -0.25) is 10.2 Å². The SMILES string of the molecule is CC(C)OC(=O)Nc1ccc(OCC2CN2CC2CC2)c(Cl)c1. The smallest absolute Gasteiger partial charge is 0.411 e. The van der Waals surface area contributed by atoms with Crippen LogP contribution in [0.25, 0.3) is 0 Å². The van der Waals surface area contributed by atoms with Gasteiger partial charge in [0.15, 0.2) is 0 Å². The van der Waals surface area contributed by atoms with E-state index in [0.717, 1.165) is 12.5 Å². The second-order valence-corrected chi connectivity index (χ2v) is 6.99. The third-order valence-corrected chi connectivity index (χ3v) is 4.27. The molecule has 0 radical (unpaired) electrons. The highest BCUT2D eigenvalue weighted by Gasteiger charge is 2.38. The second kappa shape index (κ2) is 6.97. The number of anilines is 1. The molecule has 0 bridgehead atoms.